The Morgan fingerprint density at radius 1 is 1.50 bits per heavy atom. The summed E-state index contributed by atoms with van der Waals surface area (Å²) in [5.74, 6) is -2.94. The molecular formula is C10H14F3NO4. The lowest BCUT2D eigenvalue weighted by atomic mass is 10.2. The van der Waals surface area contributed by atoms with Gasteiger partial charge in [0.25, 0.3) is 0 Å². The summed E-state index contributed by atoms with van der Waals surface area (Å²) in [5.41, 5.74) is 0. The SMILES string of the molecule is CCOC1CC1C(=O)NC(CC(F)(F)F)C(=O)O. The van der Waals surface area contributed by atoms with Crippen molar-refractivity contribution in [1.29, 1.82) is 0 Å². The third kappa shape index (κ3) is 4.52. The van der Waals surface area contributed by atoms with E-state index in [1.54, 1.807) is 6.92 Å². The van der Waals surface area contributed by atoms with E-state index in [0.29, 0.717) is 13.0 Å². The number of carbonyl (C=O) groups is 2. The average molecular weight is 269 g/mol. The standard InChI is InChI=1S/C10H14F3NO4/c1-2-18-7-3-5(7)8(15)14-6(9(16)17)4-10(11,12)13/h5-7H,2-4H2,1H3,(H,14,15)(H,16,17). The van der Waals surface area contributed by atoms with Crippen molar-refractivity contribution in [2.45, 2.75) is 38.1 Å². The summed E-state index contributed by atoms with van der Waals surface area (Å²) < 4.78 is 41.4. The Balaban J connectivity index is 2.47. The van der Waals surface area contributed by atoms with Gasteiger partial charge < -0.3 is 15.2 Å². The number of aliphatic carboxylic acids is 1. The quantitative estimate of drug-likeness (QED) is 0.752. The van der Waals surface area contributed by atoms with Gasteiger partial charge in [-0.25, -0.2) is 4.79 Å². The van der Waals surface area contributed by atoms with Gasteiger partial charge in [0, 0.05) is 6.61 Å². The maximum absolute atomic E-state index is 12.1. The van der Waals surface area contributed by atoms with Crippen LogP contribution < -0.4 is 5.32 Å². The van der Waals surface area contributed by atoms with E-state index < -0.39 is 36.4 Å². The van der Waals surface area contributed by atoms with Gasteiger partial charge in [-0.1, -0.05) is 0 Å². The highest BCUT2D eigenvalue weighted by atomic mass is 19.4. The second-order valence-corrected chi connectivity index (χ2v) is 4.05. The van der Waals surface area contributed by atoms with Crippen LogP contribution in [-0.4, -0.2) is 41.9 Å². The summed E-state index contributed by atoms with van der Waals surface area (Å²) >= 11 is 0. The Kier molecular flexibility index (Phi) is 4.55. The molecule has 1 aliphatic carbocycles. The summed E-state index contributed by atoms with van der Waals surface area (Å²) in [6.07, 6.45) is -6.12. The first-order valence-electron chi connectivity index (χ1n) is 5.46. The monoisotopic (exact) mass is 269 g/mol. The van der Waals surface area contributed by atoms with Gasteiger partial charge in [0.2, 0.25) is 5.91 Å². The van der Waals surface area contributed by atoms with E-state index in [9.17, 15) is 22.8 Å². The van der Waals surface area contributed by atoms with E-state index in [2.05, 4.69) is 0 Å². The highest BCUT2D eigenvalue weighted by molar-refractivity contribution is 5.87. The molecule has 0 aromatic carbocycles. The molecule has 8 heteroatoms. The van der Waals surface area contributed by atoms with E-state index in [1.807, 2.05) is 5.32 Å². The predicted molar refractivity (Wildman–Crippen MR) is 53.8 cm³/mol. The first-order valence-corrected chi connectivity index (χ1v) is 5.46. The lowest BCUT2D eigenvalue weighted by Gasteiger charge is -2.16. The number of halogens is 3. The minimum absolute atomic E-state index is 0.310. The van der Waals surface area contributed by atoms with Crippen molar-refractivity contribution in [3.8, 4) is 0 Å². The first kappa shape index (κ1) is 14.7. The molecule has 0 radical (unpaired) electrons. The van der Waals surface area contributed by atoms with Crippen LogP contribution in [0.15, 0.2) is 0 Å². The number of carboxylic acid groups (broad SMARTS) is 1. The van der Waals surface area contributed by atoms with Crippen LogP contribution in [-0.2, 0) is 14.3 Å². The van der Waals surface area contributed by atoms with Crippen LogP contribution in [0, 0.1) is 5.92 Å². The largest absolute Gasteiger partial charge is 0.480 e. The maximum atomic E-state index is 12.1. The summed E-state index contributed by atoms with van der Waals surface area (Å²) in [4.78, 5) is 22.1. The number of alkyl halides is 3. The zero-order valence-corrected chi connectivity index (χ0v) is 9.66. The molecular weight excluding hydrogens is 255 g/mol. The van der Waals surface area contributed by atoms with Crippen LogP contribution in [0.2, 0.25) is 0 Å². The average Bonchev–Trinajstić information content (AvgIpc) is 2.94. The van der Waals surface area contributed by atoms with Gasteiger partial charge in [-0.2, -0.15) is 13.2 Å². The van der Waals surface area contributed by atoms with Crippen LogP contribution in [0.1, 0.15) is 19.8 Å². The van der Waals surface area contributed by atoms with E-state index >= 15 is 0 Å². The Bertz CT molecular complexity index is 332. The highest BCUT2D eigenvalue weighted by Gasteiger charge is 2.46. The van der Waals surface area contributed by atoms with Gasteiger partial charge >= 0.3 is 12.1 Å². The molecule has 1 amide bonds. The normalized spacial score (nSPS) is 24.4. The van der Waals surface area contributed by atoms with Crippen molar-refractivity contribution in [1.82, 2.24) is 5.32 Å². The Labute approximate surface area is 101 Å². The van der Waals surface area contributed by atoms with E-state index in [0.717, 1.165) is 0 Å². The Hall–Kier alpha value is -1.31. The zero-order valence-electron chi connectivity index (χ0n) is 9.66. The number of hydrogen-bond acceptors (Lipinski definition) is 3. The molecule has 1 fully saturated rings. The predicted octanol–water partition coefficient (Wildman–Crippen LogP) is 0.933. The third-order valence-corrected chi connectivity index (χ3v) is 2.50. The number of carboxylic acids is 1. The molecule has 3 unspecified atom stereocenters. The minimum Gasteiger partial charge on any atom is -0.480 e. The molecule has 0 aromatic heterocycles. The molecule has 5 nitrogen and oxygen atoms in total. The van der Waals surface area contributed by atoms with Gasteiger partial charge in [-0.15, -0.1) is 0 Å². The van der Waals surface area contributed by atoms with Crippen LogP contribution in [0.25, 0.3) is 0 Å². The first-order chi connectivity index (χ1) is 8.24. The fraction of sp³-hybridized carbons (Fsp3) is 0.800. The van der Waals surface area contributed by atoms with Crippen LogP contribution in [0.5, 0.6) is 0 Å². The van der Waals surface area contributed by atoms with E-state index in [-0.39, 0.29) is 6.10 Å². The fourth-order valence-corrected chi connectivity index (χ4v) is 1.56. The van der Waals surface area contributed by atoms with Crippen LogP contribution in [0.3, 0.4) is 0 Å². The van der Waals surface area contributed by atoms with Crippen molar-refractivity contribution in [2.24, 2.45) is 5.92 Å². The van der Waals surface area contributed by atoms with Gasteiger partial charge in [0.15, 0.2) is 0 Å². The molecule has 104 valence electrons. The zero-order chi connectivity index (χ0) is 13.9. The van der Waals surface area contributed by atoms with Gasteiger partial charge in [-0.3, -0.25) is 4.79 Å². The number of amides is 1. The molecule has 2 N–H and O–H groups in total. The summed E-state index contributed by atoms with van der Waals surface area (Å²) in [5, 5.41) is 10.5. The molecule has 3 atom stereocenters. The number of carbonyl (C=O) groups excluding carboxylic acids is 1. The van der Waals surface area contributed by atoms with Crippen molar-refractivity contribution in [3.63, 3.8) is 0 Å². The molecule has 0 spiro atoms. The molecule has 1 saturated carbocycles. The molecule has 1 rings (SSSR count). The topological polar surface area (TPSA) is 75.6 Å². The van der Waals surface area contributed by atoms with Gasteiger partial charge in [0.05, 0.1) is 18.4 Å². The molecule has 18 heavy (non-hydrogen) atoms. The van der Waals surface area contributed by atoms with Gasteiger partial charge in [-0.05, 0) is 13.3 Å². The molecule has 0 aliphatic heterocycles. The van der Waals surface area contributed by atoms with Crippen LogP contribution >= 0.6 is 0 Å². The summed E-state index contributed by atoms with van der Waals surface area (Å²) in [6, 6.07) is -1.94. The summed E-state index contributed by atoms with van der Waals surface area (Å²) in [7, 11) is 0. The Morgan fingerprint density at radius 2 is 2.11 bits per heavy atom. The minimum atomic E-state index is -4.64. The Morgan fingerprint density at radius 3 is 2.56 bits per heavy atom. The number of ether oxygens (including phenoxy) is 1. The van der Waals surface area contributed by atoms with Crippen molar-refractivity contribution in [3.05, 3.63) is 0 Å². The lowest BCUT2D eigenvalue weighted by Crippen LogP contribution is -2.44. The van der Waals surface area contributed by atoms with E-state index in [1.165, 1.54) is 0 Å². The number of rotatable bonds is 6. The molecule has 0 bridgehead atoms. The highest BCUT2D eigenvalue weighted by Crippen LogP contribution is 2.34. The second kappa shape index (κ2) is 5.55. The molecule has 0 aromatic rings. The number of hydrogen-bond donors (Lipinski definition) is 2. The fourth-order valence-electron chi connectivity index (χ4n) is 1.56. The molecule has 0 saturated heterocycles. The van der Waals surface area contributed by atoms with Gasteiger partial charge in [0.1, 0.15) is 6.04 Å². The molecule has 0 heterocycles. The third-order valence-electron chi connectivity index (χ3n) is 2.50. The molecule has 1 aliphatic rings. The van der Waals surface area contributed by atoms with Crippen molar-refractivity contribution < 1.29 is 32.6 Å². The number of nitrogens with one attached hydrogen (secondary N) is 1. The van der Waals surface area contributed by atoms with Crippen LogP contribution in [0.4, 0.5) is 13.2 Å². The second-order valence-electron chi connectivity index (χ2n) is 4.05. The lowest BCUT2D eigenvalue weighted by molar-refractivity contribution is -0.160. The smallest absolute Gasteiger partial charge is 0.391 e. The van der Waals surface area contributed by atoms with Crippen molar-refractivity contribution in [2.75, 3.05) is 6.61 Å². The maximum Gasteiger partial charge on any atom is 0.391 e. The van der Waals surface area contributed by atoms with E-state index in [4.69, 9.17) is 9.84 Å². The summed E-state index contributed by atoms with van der Waals surface area (Å²) in [6.45, 7) is 2.14. The van der Waals surface area contributed by atoms with Crippen molar-refractivity contribution >= 4 is 11.9 Å².